The molecule has 28 heavy (non-hydrogen) atoms. The molecule has 3 rings (SSSR count). The fourth-order valence-corrected chi connectivity index (χ4v) is 4.49. The first-order valence-electron chi connectivity index (χ1n) is 10.9. The molecule has 1 amide bonds. The summed E-state index contributed by atoms with van der Waals surface area (Å²) in [6.07, 6.45) is 9.44. The topological polar surface area (TPSA) is 70.4 Å². The Morgan fingerprint density at radius 2 is 1.96 bits per heavy atom. The van der Waals surface area contributed by atoms with Gasteiger partial charge in [0.2, 0.25) is 0 Å². The second-order valence-electron chi connectivity index (χ2n) is 9.80. The van der Waals surface area contributed by atoms with Crippen LogP contribution < -0.4 is 5.32 Å². The minimum atomic E-state index is -0.131. The summed E-state index contributed by atoms with van der Waals surface area (Å²) in [5, 5.41) is 18.0. The Morgan fingerprint density at radius 3 is 2.61 bits per heavy atom. The lowest BCUT2D eigenvalue weighted by molar-refractivity contribution is 0.0819. The molecule has 1 saturated carbocycles. The Balaban J connectivity index is 1.79. The molecule has 1 aromatic heterocycles. The fraction of sp³-hybridized carbons (Fsp3) is 0.818. The molecule has 6 heteroatoms. The highest BCUT2D eigenvalue weighted by atomic mass is 16.3. The standard InChI is InChI=1S/C22H38N4O2/c1-22(2,15-27)14-23-17-10-11-19-18(12-17)20(21(28)25(3)4)24-26(19)13-16-8-6-5-7-9-16/h16-17,23,27H,5-15H2,1-4H3/t17-/m0/s1. The SMILES string of the molecule is CN(C)C(=O)c1nn(CC2CCCCC2)c2c1C[C@@H](NCC(C)(C)CO)CC2. The molecule has 1 heterocycles. The summed E-state index contributed by atoms with van der Waals surface area (Å²) in [6, 6.07) is 0.333. The van der Waals surface area contributed by atoms with Gasteiger partial charge in [-0.25, -0.2) is 0 Å². The van der Waals surface area contributed by atoms with Gasteiger partial charge in [0.15, 0.2) is 5.69 Å². The van der Waals surface area contributed by atoms with Crippen molar-refractivity contribution >= 4 is 5.91 Å². The zero-order chi connectivity index (χ0) is 20.3. The molecule has 0 aromatic carbocycles. The first-order chi connectivity index (χ1) is 13.3. The molecule has 0 unspecified atom stereocenters. The van der Waals surface area contributed by atoms with E-state index in [4.69, 9.17) is 5.10 Å². The summed E-state index contributed by atoms with van der Waals surface area (Å²) in [4.78, 5) is 14.4. The van der Waals surface area contributed by atoms with Gasteiger partial charge < -0.3 is 15.3 Å². The highest BCUT2D eigenvalue weighted by Crippen LogP contribution is 2.30. The smallest absolute Gasteiger partial charge is 0.274 e. The highest BCUT2D eigenvalue weighted by molar-refractivity contribution is 5.93. The number of nitrogens with zero attached hydrogens (tertiary/aromatic N) is 3. The molecule has 1 fully saturated rings. The number of carbonyl (C=O) groups is 1. The van der Waals surface area contributed by atoms with Crippen molar-refractivity contribution in [2.75, 3.05) is 27.2 Å². The van der Waals surface area contributed by atoms with E-state index < -0.39 is 0 Å². The number of aromatic nitrogens is 2. The second-order valence-corrected chi connectivity index (χ2v) is 9.80. The minimum Gasteiger partial charge on any atom is -0.396 e. The Morgan fingerprint density at radius 1 is 1.25 bits per heavy atom. The predicted octanol–water partition coefficient (Wildman–Crippen LogP) is 2.63. The Labute approximate surface area is 169 Å². The molecule has 0 bridgehead atoms. The normalized spacial score (nSPS) is 20.8. The molecule has 1 atom stereocenters. The van der Waals surface area contributed by atoms with Gasteiger partial charge in [-0.15, -0.1) is 0 Å². The Hall–Kier alpha value is -1.40. The lowest BCUT2D eigenvalue weighted by Gasteiger charge is -2.30. The van der Waals surface area contributed by atoms with Crippen molar-refractivity contribution in [3.05, 3.63) is 17.0 Å². The predicted molar refractivity (Wildman–Crippen MR) is 112 cm³/mol. The lowest BCUT2D eigenvalue weighted by Crippen LogP contribution is -2.42. The van der Waals surface area contributed by atoms with Gasteiger partial charge in [-0.1, -0.05) is 33.1 Å². The van der Waals surface area contributed by atoms with Crippen LogP contribution >= 0.6 is 0 Å². The second kappa shape index (κ2) is 8.95. The van der Waals surface area contributed by atoms with Crippen LogP contribution in [0.3, 0.4) is 0 Å². The van der Waals surface area contributed by atoms with Crippen molar-refractivity contribution < 1.29 is 9.90 Å². The third-order valence-electron chi connectivity index (χ3n) is 6.41. The minimum absolute atomic E-state index is 0.00924. The average Bonchev–Trinajstić information content (AvgIpc) is 3.04. The summed E-state index contributed by atoms with van der Waals surface area (Å²) in [7, 11) is 3.61. The number of aliphatic hydroxyl groups excluding tert-OH is 1. The highest BCUT2D eigenvalue weighted by Gasteiger charge is 2.31. The van der Waals surface area contributed by atoms with Gasteiger partial charge in [0.1, 0.15) is 0 Å². The van der Waals surface area contributed by atoms with Gasteiger partial charge in [0.25, 0.3) is 5.91 Å². The van der Waals surface area contributed by atoms with E-state index >= 15 is 0 Å². The van der Waals surface area contributed by atoms with Crippen molar-refractivity contribution in [3.8, 4) is 0 Å². The molecule has 0 saturated heterocycles. The summed E-state index contributed by atoms with van der Waals surface area (Å²) in [5.41, 5.74) is 2.92. The zero-order valence-corrected chi connectivity index (χ0v) is 18.1. The monoisotopic (exact) mass is 390 g/mol. The Kier molecular flexibility index (Phi) is 6.81. The van der Waals surface area contributed by atoms with Crippen LogP contribution in [0.15, 0.2) is 0 Å². The van der Waals surface area contributed by atoms with Crippen LogP contribution in [-0.4, -0.2) is 59.0 Å². The third-order valence-corrected chi connectivity index (χ3v) is 6.41. The number of amides is 1. The van der Waals surface area contributed by atoms with Crippen LogP contribution in [0, 0.1) is 11.3 Å². The van der Waals surface area contributed by atoms with Gasteiger partial charge in [0, 0.05) is 56.5 Å². The summed E-state index contributed by atoms with van der Waals surface area (Å²) in [6.45, 7) is 6.03. The van der Waals surface area contributed by atoms with E-state index in [0.29, 0.717) is 17.7 Å². The van der Waals surface area contributed by atoms with Crippen LogP contribution in [0.4, 0.5) is 0 Å². The first kappa shape index (κ1) is 21.3. The van der Waals surface area contributed by atoms with Gasteiger partial charge in [0.05, 0.1) is 0 Å². The fourth-order valence-electron chi connectivity index (χ4n) is 4.49. The molecular formula is C22H38N4O2. The lowest BCUT2D eigenvalue weighted by atomic mass is 9.88. The van der Waals surface area contributed by atoms with Gasteiger partial charge in [-0.2, -0.15) is 5.10 Å². The maximum absolute atomic E-state index is 12.8. The average molecular weight is 391 g/mol. The molecular weight excluding hydrogens is 352 g/mol. The van der Waals surface area contributed by atoms with E-state index in [1.54, 1.807) is 19.0 Å². The maximum atomic E-state index is 12.8. The van der Waals surface area contributed by atoms with Gasteiger partial charge in [-0.05, 0) is 38.0 Å². The number of hydrogen-bond acceptors (Lipinski definition) is 4. The van der Waals surface area contributed by atoms with Crippen molar-refractivity contribution in [1.82, 2.24) is 20.0 Å². The molecule has 1 aromatic rings. The third kappa shape index (κ3) is 4.95. The van der Waals surface area contributed by atoms with Gasteiger partial charge >= 0.3 is 0 Å². The number of fused-ring (bicyclic) bond motifs is 1. The first-order valence-corrected chi connectivity index (χ1v) is 10.9. The molecule has 2 aliphatic rings. The molecule has 6 nitrogen and oxygen atoms in total. The van der Waals surface area contributed by atoms with Crippen LogP contribution in [0.5, 0.6) is 0 Å². The molecule has 0 radical (unpaired) electrons. The summed E-state index contributed by atoms with van der Waals surface area (Å²) < 4.78 is 2.16. The van der Waals surface area contributed by atoms with E-state index in [0.717, 1.165) is 37.9 Å². The van der Waals surface area contributed by atoms with E-state index in [1.165, 1.54) is 37.8 Å². The maximum Gasteiger partial charge on any atom is 0.274 e. The number of aliphatic hydroxyl groups is 1. The number of rotatable bonds is 7. The van der Waals surface area contributed by atoms with E-state index in [1.807, 2.05) is 0 Å². The molecule has 2 aliphatic carbocycles. The Bertz CT molecular complexity index is 674. The van der Waals surface area contributed by atoms with Crippen LogP contribution in [0.1, 0.15) is 74.1 Å². The number of hydrogen-bond donors (Lipinski definition) is 2. The summed E-state index contributed by atoms with van der Waals surface area (Å²) >= 11 is 0. The van der Waals surface area contributed by atoms with E-state index in [2.05, 4.69) is 23.8 Å². The van der Waals surface area contributed by atoms with Gasteiger partial charge in [-0.3, -0.25) is 9.48 Å². The molecule has 0 spiro atoms. The van der Waals surface area contributed by atoms with Crippen LogP contribution in [-0.2, 0) is 19.4 Å². The van der Waals surface area contributed by atoms with Crippen LogP contribution in [0.2, 0.25) is 0 Å². The van der Waals surface area contributed by atoms with Crippen molar-refractivity contribution in [3.63, 3.8) is 0 Å². The van der Waals surface area contributed by atoms with Crippen molar-refractivity contribution in [1.29, 1.82) is 0 Å². The number of carbonyl (C=O) groups excluding carboxylic acids is 1. The molecule has 2 N–H and O–H groups in total. The molecule has 158 valence electrons. The van der Waals surface area contributed by atoms with Crippen molar-refractivity contribution in [2.45, 2.75) is 77.8 Å². The van der Waals surface area contributed by atoms with E-state index in [-0.39, 0.29) is 17.9 Å². The summed E-state index contributed by atoms with van der Waals surface area (Å²) in [5.74, 6) is 0.705. The molecule has 0 aliphatic heterocycles. The quantitative estimate of drug-likeness (QED) is 0.751. The largest absolute Gasteiger partial charge is 0.396 e. The van der Waals surface area contributed by atoms with Crippen LogP contribution in [0.25, 0.3) is 0 Å². The number of nitrogens with one attached hydrogen (secondary N) is 1. The van der Waals surface area contributed by atoms with Crippen molar-refractivity contribution in [2.24, 2.45) is 11.3 Å². The van der Waals surface area contributed by atoms with E-state index in [9.17, 15) is 9.90 Å². The zero-order valence-electron chi connectivity index (χ0n) is 18.1.